The molecule has 3 rings (SSSR count). The molecule has 0 spiro atoms. The van der Waals surface area contributed by atoms with Crippen LogP contribution in [0.25, 0.3) is 0 Å². The number of carbonyl (C=O) groups excluding carboxylic acids is 2. The number of hydrogen-bond acceptors (Lipinski definition) is 5. The van der Waals surface area contributed by atoms with Gasteiger partial charge in [0, 0.05) is 23.0 Å². The van der Waals surface area contributed by atoms with E-state index in [1.807, 2.05) is 6.07 Å². The van der Waals surface area contributed by atoms with Crippen LogP contribution in [0.3, 0.4) is 0 Å². The Kier molecular flexibility index (Phi) is 6.83. The maximum Gasteiger partial charge on any atom is 0.251 e. The zero-order valence-electron chi connectivity index (χ0n) is 14.6. The van der Waals surface area contributed by atoms with E-state index in [0.29, 0.717) is 34.2 Å². The summed E-state index contributed by atoms with van der Waals surface area (Å²) in [6, 6.07) is 12.9. The molecule has 9 heteroatoms. The van der Waals surface area contributed by atoms with Crippen LogP contribution in [0.15, 0.2) is 53.0 Å². The lowest BCUT2D eigenvalue weighted by Gasteiger charge is -2.04. The number of nitrogens with zero attached hydrogens (tertiary/aromatic N) is 2. The first-order chi connectivity index (χ1) is 13.5. The van der Waals surface area contributed by atoms with E-state index >= 15 is 0 Å². The first-order valence-electron chi connectivity index (χ1n) is 8.40. The molecule has 0 saturated heterocycles. The number of rotatable bonds is 7. The molecule has 0 atom stereocenters. The van der Waals surface area contributed by atoms with Crippen molar-refractivity contribution in [2.24, 2.45) is 0 Å². The van der Waals surface area contributed by atoms with E-state index in [0.717, 1.165) is 4.47 Å². The molecular weight excluding hydrogens is 447 g/mol. The summed E-state index contributed by atoms with van der Waals surface area (Å²) in [5.41, 5.74) is 1.28. The van der Waals surface area contributed by atoms with Crippen LogP contribution in [0.2, 0.25) is 0 Å². The van der Waals surface area contributed by atoms with Gasteiger partial charge >= 0.3 is 0 Å². The molecule has 144 valence electrons. The van der Waals surface area contributed by atoms with Crippen molar-refractivity contribution in [2.75, 3.05) is 11.9 Å². The Labute approximate surface area is 173 Å². The molecule has 0 aliphatic rings. The smallest absolute Gasteiger partial charge is 0.251 e. The third-order valence-electron chi connectivity index (χ3n) is 3.70. The van der Waals surface area contributed by atoms with Crippen LogP contribution in [0, 0.1) is 5.82 Å². The first kappa shape index (κ1) is 20.1. The fourth-order valence-electron chi connectivity index (χ4n) is 2.37. The highest BCUT2D eigenvalue weighted by Gasteiger charge is 2.10. The summed E-state index contributed by atoms with van der Waals surface area (Å²) in [6.45, 7) is 0.406. The van der Waals surface area contributed by atoms with Gasteiger partial charge in [0.05, 0.1) is 6.42 Å². The molecule has 3 aromatic rings. The summed E-state index contributed by atoms with van der Waals surface area (Å²) in [4.78, 5) is 24.1. The molecule has 2 amide bonds. The number of hydrogen-bond donors (Lipinski definition) is 2. The van der Waals surface area contributed by atoms with Gasteiger partial charge in [-0.25, -0.2) is 4.39 Å². The molecule has 28 heavy (non-hydrogen) atoms. The molecule has 2 N–H and O–H groups in total. The Morgan fingerprint density at radius 1 is 1.11 bits per heavy atom. The lowest BCUT2D eigenvalue weighted by atomic mass is 10.1. The van der Waals surface area contributed by atoms with Crippen LogP contribution in [0.1, 0.15) is 20.9 Å². The van der Waals surface area contributed by atoms with Crippen molar-refractivity contribution in [3.8, 4) is 0 Å². The highest BCUT2D eigenvalue weighted by atomic mass is 79.9. The Morgan fingerprint density at radius 3 is 2.64 bits per heavy atom. The Bertz CT molecular complexity index is 978. The molecule has 0 radical (unpaired) electrons. The summed E-state index contributed by atoms with van der Waals surface area (Å²) in [5, 5.41) is 14.5. The molecule has 0 fully saturated rings. The minimum Gasteiger partial charge on any atom is -0.352 e. The lowest BCUT2D eigenvalue weighted by Crippen LogP contribution is -2.25. The third kappa shape index (κ3) is 5.93. The predicted molar refractivity (Wildman–Crippen MR) is 109 cm³/mol. The quantitative estimate of drug-likeness (QED) is 0.561. The van der Waals surface area contributed by atoms with Crippen molar-refractivity contribution in [1.82, 2.24) is 15.5 Å². The van der Waals surface area contributed by atoms with Crippen LogP contribution in [-0.4, -0.2) is 28.6 Å². The van der Waals surface area contributed by atoms with Gasteiger partial charge < -0.3 is 10.6 Å². The zero-order valence-corrected chi connectivity index (χ0v) is 17.0. The van der Waals surface area contributed by atoms with Crippen LogP contribution in [-0.2, 0) is 17.6 Å². The van der Waals surface area contributed by atoms with E-state index in [4.69, 9.17) is 0 Å². The second-order valence-corrected chi connectivity index (χ2v) is 7.85. The predicted octanol–water partition coefficient (Wildman–Crippen LogP) is 3.59. The van der Waals surface area contributed by atoms with Gasteiger partial charge in [-0.1, -0.05) is 45.5 Å². The summed E-state index contributed by atoms with van der Waals surface area (Å²) in [7, 11) is 0. The number of nitrogens with one attached hydrogen (secondary N) is 2. The minimum absolute atomic E-state index is 0.123. The third-order valence-corrected chi connectivity index (χ3v) is 5.09. The van der Waals surface area contributed by atoms with Gasteiger partial charge in [-0.2, -0.15) is 0 Å². The van der Waals surface area contributed by atoms with E-state index in [1.54, 1.807) is 30.3 Å². The van der Waals surface area contributed by atoms with E-state index in [9.17, 15) is 14.0 Å². The van der Waals surface area contributed by atoms with Crippen molar-refractivity contribution in [3.63, 3.8) is 0 Å². The van der Waals surface area contributed by atoms with Crippen molar-refractivity contribution in [3.05, 3.63) is 75.0 Å². The molecule has 2 aromatic carbocycles. The Balaban J connectivity index is 1.45. The molecule has 0 unspecified atom stereocenters. The van der Waals surface area contributed by atoms with E-state index in [2.05, 4.69) is 36.8 Å². The molecule has 0 aliphatic heterocycles. The molecule has 0 saturated carbocycles. The van der Waals surface area contributed by atoms with Gasteiger partial charge in [0.1, 0.15) is 10.8 Å². The van der Waals surface area contributed by atoms with E-state index in [-0.39, 0.29) is 24.1 Å². The molecule has 0 aliphatic carbocycles. The fraction of sp³-hybridized carbons (Fsp3) is 0.158. The lowest BCUT2D eigenvalue weighted by molar-refractivity contribution is -0.115. The summed E-state index contributed by atoms with van der Waals surface area (Å²) in [5.74, 6) is -0.763. The van der Waals surface area contributed by atoms with Crippen LogP contribution in [0.4, 0.5) is 9.52 Å². The number of aromatic nitrogens is 2. The fourth-order valence-corrected chi connectivity index (χ4v) is 3.53. The summed E-state index contributed by atoms with van der Waals surface area (Å²) in [6.07, 6.45) is 0.628. The number of benzene rings is 2. The Hall–Kier alpha value is -2.65. The molecule has 0 bridgehead atoms. The van der Waals surface area contributed by atoms with Gasteiger partial charge in [-0.05, 0) is 35.9 Å². The average molecular weight is 463 g/mol. The molecular formula is C19H16BrFN4O2S. The van der Waals surface area contributed by atoms with Crippen molar-refractivity contribution in [2.45, 2.75) is 12.8 Å². The molecule has 6 nitrogen and oxygen atoms in total. The maximum atomic E-state index is 12.9. The van der Waals surface area contributed by atoms with Crippen LogP contribution in [0.5, 0.6) is 0 Å². The second-order valence-electron chi connectivity index (χ2n) is 5.87. The van der Waals surface area contributed by atoms with Crippen molar-refractivity contribution < 1.29 is 14.0 Å². The molecule has 1 heterocycles. The summed E-state index contributed by atoms with van der Waals surface area (Å²) < 4.78 is 13.7. The number of carbonyl (C=O) groups is 2. The van der Waals surface area contributed by atoms with Crippen molar-refractivity contribution in [1.29, 1.82) is 0 Å². The second kappa shape index (κ2) is 9.52. The first-order valence-corrected chi connectivity index (χ1v) is 10.0. The zero-order chi connectivity index (χ0) is 19.9. The highest BCUT2D eigenvalue weighted by Crippen LogP contribution is 2.16. The largest absolute Gasteiger partial charge is 0.352 e. The minimum atomic E-state index is -0.343. The van der Waals surface area contributed by atoms with Crippen LogP contribution >= 0.6 is 27.3 Å². The van der Waals surface area contributed by atoms with Crippen LogP contribution < -0.4 is 10.6 Å². The molecule has 1 aromatic heterocycles. The van der Waals surface area contributed by atoms with E-state index in [1.165, 1.54) is 23.5 Å². The van der Waals surface area contributed by atoms with Gasteiger partial charge in [0.25, 0.3) is 5.91 Å². The average Bonchev–Trinajstić information content (AvgIpc) is 3.10. The SMILES string of the molecule is O=C(Cc1ccc(F)cc1)Nc1nnc(CCNC(=O)c2cccc(Br)c2)s1. The Morgan fingerprint density at radius 2 is 1.89 bits per heavy atom. The standard InChI is InChI=1S/C19H16BrFN4O2S/c20-14-3-1-2-13(11-14)18(27)22-9-8-17-24-25-19(28-17)23-16(26)10-12-4-6-15(21)7-5-12/h1-7,11H,8-10H2,(H,22,27)(H,23,25,26). The number of halogens is 2. The number of anilines is 1. The van der Waals surface area contributed by atoms with Gasteiger partial charge in [0.2, 0.25) is 11.0 Å². The van der Waals surface area contributed by atoms with Gasteiger partial charge in [0.15, 0.2) is 0 Å². The maximum absolute atomic E-state index is 12.9. The van der Waals surface area contributed by atoms with E-state index < -0.39 is 0 Å². The normalized spacial score (nSPS) is 10.5. The van der Waals surface area contributed by atoms with Gasteiger partial charge in [-0.15, -0.1) is 10.2 Å². The van der Waals surface area contributed by atoms with Crippen molar-refractivity contribution >= 4 is 44.2 Å². The summed E-state index contributed by atoms with van der Waals surface area (Å²) >= 11 is 4.58. The monoisotopic (exact) mass is 462 g/mol. The topological polar surface area (TPSA) is 84.0 Å². The van der Waals surface area contributed by atoms with Gasteiger partial charge in [-0.3, -0.25) is 9.59 Å². The highest BCUT2D eigenvalue weighted by molar-refractivity contribution is 9.10. The number of amides is 2.